The van der Waals surface area contributed by atoms with Gasteiger partial charge < -0.3 is 15.4 Å². The van der Waals surface area contributed by atoms with Crippen LogP contribution in [-0.2, 0) is 0 Å². The third kappa shape index (κ3) is 2.73. The summed E-state index contributed by atoms with van der Waals surface area (Å²) in [5.74, 6) is -0.224. The van der Waals surface area contributed by atoms with E-state index in [4.69, 9.17) is 0 Å². The molecule has 0 saturated carbocycles. The van der Waals surface area contributed by atoms with Crippen molar-refractivity contribution in [1.29, 1.82) is 0 Å². The van der Waals surface area contributed by atoms with Crippen LogP contribution in [0.25, 0.3) is 0 Å². The molecule has 0 radical (unpaired) electrons. The largest absolute Gasteiger partial charge is 0.394 e. The van der Waals surface area contributed by atoms with Gasteiger partial charge in [-0.15, -0.1) is 0 Å². The molecule has 0 unspecified atom stereocenters. The maximum Gasteiger partial charge on any atom is 0.268 e. The number of H-pyrrole nitrogens is 1. The second-order valence-electron chi connectivity index (χ2n) is 3.70. The lowest BCUT2D eigenvalue weighted by Crippen LogP contribution is -2.30. The summed E-state index contributed by atoms with van der Waals surface area (Å²) in [6.45, 7) is -0.129. The molecule has 0 spiro atoms. The zero-order chi connectivity index (χ0) is 12.1. The van der Waals surface area contributed by atoms with Gasteiger partial charge in [-0.25, -0.2) is 0 Å². The summed E-state index contributed by atoms with van der Waals surface area (Å²) >= 11 is 0. The molecule has 0 saturated heterocycles. The number of aliphatic hydroxyl groups excluding tert-OH is 1. The van der Waals surface area contributed by atoms with Crippen LogP contribution in [0.2, 0.25) is 0 Å². The topological polar surface area (TPSA) is 65.1 Å². The first-order chi connectivity index (χ1) is 8.31. The molecular weight excluding hydrogens is 216 g/mol. The van der Waals surface area contributed by atoms with Crippen molar-refractivity contribution in [3.63, 3.8) is 0 Å². The second kappa shape index (κ2) is 5.32. The van der Waals surface area contributed by atoms with Crippen LogP contribution in [0.15, 0.2) is 48.7 Å². The molecule has 0 aliphatic heterocycles. The standard InChI is InChI=1S/C13H14N2O2/c16-9-12(10-5-2-1-3-6-10)15-13(17)11-7-4-8-14-11/h1-8,12,14,16H,9H2,(H,15,17)/t12-/m1/s1. The van der Waals surface area contributed by atoms with Crippen LogP contribution >= 0.6 is 0 Å². The Balaban J connectivity index is 2.09. The number of aliphatic hydroxyl groups is 1. The number of hydrogen-bond donors (Lipinski definition) is 3. The molecule has 0 aliphatic carbocycles. The molecule has 2 aromatic rings. The second-order valence-corrected chi connectivity index (χ2v) is 3.70. The van der Waals surface area contributed by atoms with Crippen LogP contribution in [0.5, 0.6) is 0 Å². The Morgan fingerprint density at radius 3 is 2.59 bits per heavy atom. The van der Waals surface area contributed by atoms with Gasteiger partial charge >= 0.3 is 0 Å². The first-order valence-electron chi connectivity index (χ1n) is 5.41. The minimum atomic E-state index is -0.382. The summed E-state index contributed by atoms with van der Waals surface area (Å²) in [5, 5.41) is 12.1. The predicted octanol–water partition coefficient (Wildman–Crippen LogP) is 1.48. The lowest BCUT2D eigenvalue weighted by atomic mass is 10.1. The Morgan fingerprint density at radius 2 is 2.00 bits per heavy atom. The highest BCUT2D eigenvalue weighted by Gasteiger charge is 2.14. The van der Waals surface area contributed by atoms with Crippen molar-refractivity contribution in [2.75, 3.05) is 6.61 Å². The molecule has 1 aromatic heterocycles. The van der Waals surface area contributed by atoms with Crippen molar-refractivity contribution in [1.82, 2.24) is 10.3 Å². The fourth-order valence-corrected chi connectivity index (χ4v) is 1.63. The van der Waals surface area contributed by atoms with Gasteiger partial charge in [-0.05, 0) is 17.7 Å². The smallest absolute Gasteiger partial charge is 0.268 e. The van der Waals surface area contributed by atoms with Crippen LogP contribution in [0.4, 0.5) is 0 Å². The zero-order valence-corrected chi connectivity index (χ0v) is 9.26. The van der Waals surface area contributed by atoms with Gasteiger partial charge in [0.15, 0.2) is 0 Å². The van der Waals surface area contributed by atoms with Crippen molar-refractivity contribution in [3.8, 4) is 0 Å². The molecule has 1 heterocycles. The molecule has 4 nitrogen and oxygen atoms in total. The molecule has 4 heteroatoms. The summed E-state index contributed by atoms with van der Waals surface area (Å²) in [6.07, 6.45) is 1.69. The first-order valence-corrected chi connectivity index (χ1v) is 5.41. The van der Waals surface area contributed by atoms with Crippen molar-refractivity contribution in [3.05, 3.63) is 59.9 Å². The molecule has 2 rings (SSSR count). The van der Waals surface area contributed by atoms with Gasteiger partial charge in [0.1, 0.15) is 5.69 Å². The normalized spacial score (nSPS) is 12.1. The highest BCUT2D eigenvalue weighted by molar-refractivity contribution is 5.92. The fourth-order valence-electron chi connectivity index (χ4n) is 1.63. The molecule has 3 N–H and O–H groups in total. The third-order valence-corrected chi connectivity index (χ3v) is 2.53. The highest BCUT2D eigenvalue weighted by atomic mass is 16.3. The average molecular weight is 230 g/mol. The van der Waals surface area contributed by atoms with Gasteiger partial charge in [-0.3, -0.25) is 4.79 Å². The van der Waals surface area contributed by atoms with Gasteiger partial charge in [0, 0.05) is 6.20 Å². The number of aromatic nitrogens is 1. The van der Waals surface area contributed by atoms with E-state index in [2.05, 4.69) is 10.3 Å². The Hall–Kier alpha value is -2.07. The quantitative estimate of drug-likeness (QED) is 0.744. The van der Waals surface area contributed by atoms with Gasteiger partial charge in [-0.2, -0.15) is 0 Å². The Bertz CT molecular complexity index is 465. The number of rotatable bonds is 4. The molecule has 17 heavy (non-hydrogen) atoms. The average Bonchev–Trinajstić information content (AvgIpc) is 2.90. The van der Waals surface area contributed by atoms with Crippen LogP contribution in [0.1, 0.15) is 22.1 Å². The predicted molar refractivity (Wildman–Crippen MR) is 64.5 cm³/mol. The van der Waals surface area contributed by atoms with Gasteiger partial charge in [0.05, 0.1) is 12.6 Å². The number of carbonyl (C=O) groups is 1. The molecule has 88 valence electrons. The van der Waals surface area contributed by atoms with Crippen LogP contribution < -0.4 is 5.32 Å². The summed E-state index contributed by atoms with van der Waals surface area (Å²) in [4.78, 5) is 14.6. The van der Waals surface area contributed by atoms with Crippen LogP contribution in [0, 0.1) is 0 Å². The van der Waals surface area contributed by atoms with E-state index in [0.717, 1.165) is 5.56 Å². The van der Waals surface area contributed by atoms with Gasteiger partial charge in [0.25, 0.3) is 5.91 Å². The Morgan fingerprint density at radius 1 is 1.24 bits per heavy atom. The van der Waals surface area contributed by atoms with E-state index >= 15 is 0 Å². The Labute approximate surface area is 99.3 Å². The molecule has 1 amide bonds. The molecule has 0 fully saturated rings. The molecule has 1 aromatic carbocycles. The van der Waals surface area contributed by atoms with Crippen LogP contribution in [-0.4, -0.2) is 22.6 Å². The number of amides is 1. The minimum absolute atomic E-state index is 0.129. The first kappa shape index (κ1) is 11.4. The van der Waals surface area contributed by atoms with E-state index in [1.165, 1.54) is 0 Å². The van der Waals surface area contributed by atoms with Gasteiger partial charge in [-0.1, -0.05) is 30.3 Å². The van der Waals surface area contributed by atoms with E-state index in [1.807, 2.05) is 30.3 Å². The summed E-state index contributed by atoms with van der Waals surface area (Å²) in [7, 11) is 0. The van der Waals surface area contributed by atoms with Crippen molar-refractivity contribution >= 4 is 5.91 Å². The highest BCUT2D eigenvalue weighted by Crippen LogP contribution is 2.12. The number of aromatic amines is 1. The number of benzene rings is 1. The fraction of sp³-hybridized carbons (Fsp3) is 0.154. The minimum Gasteiger partial charge on any atom is -0.394 e. The number of carbonyl (C=O) groups excluding carboxylic acids is 1. The van der Waals surface area contributed by atoms with E-state index in [9.17, 15) is 9.90 Å². The molecule has 0 bridgehead atoms. The maximum absolute atomic E-state index is 11.8. The summed E-state index contributed by atoms with van der Waals surface area (Å²) < 4.78 is 0. The SMILES string of the molecule is O=C(N[C@H](CO)c1ccccc1)c1ccc[nH]1. The molecule has 1 atom stereocenters. The lowest BCUT2D eigenvalue weighted by molar-refractivity contribution is 0.0912. The van der Waals surface area contributed by atoms with E-state index in [1.54, 1.807) is 18.3 Å². The maximum atomic E-state index is 11.8. The molecular formula is C13H14N2O2. The number of nitrogens with one attached hydrogen (secondary N) is 2. The molecule has 0 aliphatic rings. The van der Waals surface area contributed by atoms with Gasteiger partial charge in [0.2, 0.25) is 0 Å². The van der Waals surface area contributed by atoms with Crippen molar-refractivity contribution < 1.29 is 9.90 Å². The lowest BCUT2D eigenvalue weighted by Gasteiger charge is -2.16. The Kier molecular flexibility index (Phi) is 3.57. The summed E-state index contributed by atoms with van der Waals surface area (Å²) in [5.41, 5.74) is 1.37. The summed E-state index contributed by atoms with van der Waals surface area (Å²) in [6, 6.07) is 12.4. The van der Waals surface area contributed by atoms with E-state index < -0.39 is 0 Å². The van der Waals surface area contributed by atoms with Crippen molar-refractivity contribution in [2.45, 2.75) is 6.04 Å². The third-order valence-electron chi connectivity index (χ3n) is 2.53. The number of hydrogen-bond acceptors (Lipinski definition) is 2. The van der Waals surface area contributed by atoms with Crippen molar-refractivity contribution in [2.24, 2.45) is 0 Å². The zero-order valence-electron chi connectivity index (χ0n) is 9.26. The monoisotopic (exact) mass is 230 g/mol. The van der Waals surface area contributed by atoms with E-state index in [0.29, 0.717) is 5.69 Å². The van der Waals surface area contributed by atoms with E-state index in [-0.39, 0.29) is 18.6 Å². The van der Waals surface area contributed by atoms with Crippen LogP contribution in [0.3, 0.4) is 0 Å².